The molecule has 2 aliphatic heterocycles. The van der Waals surface area contributed by atoms with Gasteiger partial charge in [-0.25, -0.2) is 4.85 Å². The molecule has 0 radical (unpaired) electrons. The van der Waals surface area contributed by atoms with Crippen molar-refractivity contribution in [2.24, 2.45) is 0 Å². The van der Waals surface area contributed by atoms with Crippen molar-refractivity contribution >= 4 is 62.9 Å². The lowest BCUT2D eigenvalue weighted by atomic mass is 9.33. The lowest BCUT2D eigenvalue weighted by Gasteiger charge is -2.44. The van der Waals surface area contributed by atoms with Gasteiger partial charge in [-0.15, -0.1) is 0 Å². The Bertz CT molecular complexity index is 4240. The summed E-state index contributed by atoms with van der Waals surface area (Å²) in [6.45, 7) is 36.1. The fraction of sp³-hybridized carbons (Fsp3) is 0.190. The predicted molar refractivity (Wildman–Crippen MR) is 379 cm³/mol. The van der Waals surface area contributed by atoms with Crippen LogP contribution in [0.15, 0.2) is 237 Å². The molecule has 0 atom stereocenters. The van der Waals surface area contributed by atoms with Crippen LogP contribution in [0, 0.1) is 17.9 Å². The van der Waals surface area contributed by atoms with Gasteiger partial charge in [-0.3, -0.25) is 0 Å². The summed E-state index contributed by atoms with van der Waals surface area (Å²) in [6.07, 6.45) is 0. The van der Waals surface area contributed by atoms with E-state index < -0.39 is 0 Å². The van der Waals surface area contributed by atoms with Crippen LogP contribution in [0.2, 0.25) is 0 Å². The summed E-state index contributed by atoms with van der Waals surface area (Å²) in [5.41, 5.74) is 26.2. The molecule has 4 nitrogen and oxygen atoms in total. The third-order valence-corrected chi connectivity index (χ3v) is 18.2. The van der Waals surface area contributed by atoms with E-state index in [4.69, 9.17) is 6.57 Å². The Labute approximate surface area is 529 Å². The van der Waals surface area contributed by atoms with Crippen LogP contribution in [0.4, 0.5) is 39.8 Å². The molecule has 0 saturated heterocycles. The van der Waals surface area contributed by atoms with Crippen LogP contribution in [0.5, 0.6) is 0 Å². The molecule has 0 bridgehead atoms. The molecule has 0 saturated carbocycles. The second-order valence-electron chi connectivity index (χ2n) is 28.4. The number of rotatable bonds is 8. The van der Waals surface area contributed by atoms with Crippen LogP contribution in [0.3, 0.4) is 0 Å². The fourth-order valence-electron chi connectivity index (χ4n) is 13.2. The summed E-state index contributed by atoms with van der Waals surface area (Å²) >= 11 is 0. The van der Waals surface area contributed by atoms with Crippen LogP contribution in [-0.4, -0.2) is 6.71 Å². The number of fused-ring (bicyclic) bond motifs is 4. The second-order valence-corrected chi connectivity index (χ2v) is 28.4. The van der Waals surface area contributed by atoms with E-state index in [0.29, 0.717) is 17.3 Å². The third-order valence-electron chi connectivity index (χ3n) is 18.2. The first kappa shape index (κ1) is 56.8. The average molecular weight is 1150 g/mol. The molecule has 0 aliphatic carbocycles. The Kier molecular flexibility index (Phi) is 14.1. The quantitative estimate of drug-likeness (QED) is 0.112. The highest BCUT2D eigenvalue weighted by Crippen LogP contribution is 2.51. The van der Waals surface area contributed by atoms with Crippen molar-refractivity contribution in [1.29, 1.82) is 5.26 Å². The minimum absolute atomic E-state index is 0.111. The summed E-state index contributed by atoms with van der Waals surface area (Å²) < 4.78 is 10.2. The van der Waals surface area contributed by atoms with Crippen LogP contribution in [0.25, 0.3) is 71.6 Å². The van der Waals surface area contributed by atoms with Gasteiger partial charge in [0.25, 0.3) is 6.71 Å². The molecule has 434 valence electrons. The molecule has 0 amide bonds. The molecule has 0 N–H and O–H groups in total. The van der Waals surface area contributed by atoms with Crippen LogP contribution in [0.1, 0.15) is 112 Å². The topological polar surface area (TPSA) is 34.6 Å². The number of hydrogen-bond donors (Lipinski definition) is 0. The van der Waals surface area contributed by atoms with Gasteiger partial charge in [0.15, 0.2) is 0 Å². The number of nitrogens with zero attached hydrogens (tertiary/aromatic N) is 4. The normalized spacial score (nSPS) is 13.0. The van der Waals surface area contributed by atoms with Crippen molar-refractivity contribution in [3.05, 3.63) is 276 Å². The molecule has 2 aliphatic rings. The van der Waals surface area contributed by atoms with E-state index >= 15 is 0 Å². The van der Waals surface area contributed by atoms with Gasteiger partial charge in [0.2, 0.25) is 5.69 Å². The zero-order valence-corrected chi connectivity index (χ0v) is 53.3. The van der Waals surface area contributed by atoms with Crippen molar-refractivity contribution < 1.29 is 1.37 Å². The highest BCUT2D eigenvalue weighted by Gasteiger charge is 2.44. The van der Waals surface area contributed by atoms with Gasteiger partial charge in [0.05, 0.1) is 13.5 Å². The Hall–Kier alpha value is -9.94. The maximum Gasteiger partial charge on any atom is 0.252 e. The first-order chi connectivity index (χ1) is 43.0. The Balaban J connectivity index is 1.17. The van der Waals surface area contributed by atoms with Gasteiger partial charge in [-0.05, 0) is 164 Å². The molecule has 0 aromatic heterocycles. The molecular formula is C84H75BN4. The molecular weight excluding hydrogens is 1080 g/mol. The van der Waals surface area contributed by atoms with E-state index in [9.17, 15) is 6.63 Å². The van der Waals surface area contributed by atoms with E-state index in [1.165, 1.54) is 22.3 Å². The highest BCUT2D eigenvalue weighted by molar-refractivity contribution is 7.00. The predicted octanol–water partition coefficient (Wildman–Crippen LogP) is 21.4. The zero-order valence-electron chi connectivity index (χ0n) is 54.3. The molecule has 11 aromatic rings. The SMILES string of the molecule is [2H]c1cc2c3c(c1)N(c1cc(-c4ccccc4)c([N+]#[C-])c(-c4ccccc4)c1)c1cc(-c4cc(C(C)(C)C)cc(C(C)(C)C)c4)ccc1B3c1ccc(-c3cc(C(C)(C)C)cc(C(C)(C)C)c3)cc1N2c1cc(-c2ccccc2)c(C#N)c(-c2ccccc2)c1. The Morgan fingerprint density at radius 1 is 0.371 bits per heavy atom. The molecule has 2 heterocycles. The van der Waals surface area contributed by atoms with Gasteiger partial charge < -0.3 is 9.80 Å². The van der Waals surface area contributed by atoms with Gasteiger partial charge in [0.1, 0.15) is 6.07 Å². The maximum absolute atomic E-state index is 11.3. The summed E-state index contributed by atoms with van der Waals surface area (Å²) in [4.78, 5) is 9.13. The maximum atomic E-state index is 11.3. The molecule has 5 heteroatoms. The largest absolute Gasteiger partial charge is 0.311 e. The molecule has 89 heavy (non-hydrogen) atoms. The number of anilines is 6. The summed E-state index contributed by atoms with van der Waals surface area (Å²) in [5.74, 6) is 0. The number of nitriles is 1. The lowest BCUT2D eigenvalue weighted by molar-refractivity contribution is 0.568. The van der Waals surface area contributed by atoms with Crippen molar-refractivity contribution in [3.8, 4) is 72.8 Å². The molecule has 11 aromatic carbocycles. The van der Waals surface area contributed by atoms with E-state index in [0.717, 1.165) is 117 Å². The summed E-state index contributed by atoms with van der Waals surface area (Å²) in [5, 5.41) is 11.3. The first-order valence-corrected chi connectivity index (χ1v) is 31.2. The van der Waals surface area contributed by atoms with Gasteiger partial charge >= 0.3 is 0 Å². The average Bonchev–Trinajstić information content (AvgIpc) is 0.698. The van der Waals surface area contributed by atoms with E-state index in [-0.39, 0.29) is 28.4 Å². The van der Waals surface area contributed by atoms with Crippen LogP contribution >= 0.6 is 0 Å². The van der Waals surface area contributed by atoms with E-state index in [2.05, 4.69) is 262 Å². The standard InChI is InChI=1S/C84H75BN4/c1-81(2,3)62-41-60(42-63(47-62)82(4,5)6)58-37-39-73-77(45-58)88(66-49-68(54-27-18-14-19-28-54)72(53-86)69(50-66)55-29-20-15-21-30-55)75-35-26-36-76-79(75)85(73)74-40-38-59(61-43-64(83(7,8)9)48-65(44-61)84(10,11)12)46-78(74)89(76)67-51-70(56-31-22-16-23-32-56)80(87-13)71(52-67)57-33-24-17-25-34-57/h14-52H,1-12H3/i26D. The van der Waals surface area contributed by atoms with Gasteiger partial charge in [0, 0.05) is 45.3 Å². The zero-order chi connectivity index (χ0) is 63.2. The number of benzene rings is 11. The van der Waals surface area contributed by atoms with E-state index in [1.807, 2.05) is 72.8 Å². The van der Waals surface area contributed by atoms with Crippen LogP contribution < -0.4 is 26.2 Å². The monoisotopic (exact) mass is 1150 g/mol. The lowest BCUT2D eigenvalue weighted by Crippen LogP contribution is -2.61. The molecule has 0 fully saturated rings. The van der Waals surface area contributed by atoms with Crippen molar-refractivity contribution in [2.45, 2.75) is 105 Å². The van der Waals surface area contributed by atoms with Gasteiger partial charge in [-0.1, -0.05) is 271 Å². The smallest absolute Gasteiger partial charge is 0.252 e. The van der Waals surface area contributed by atoms with Gasteiger partial charge in [-0.2, -0.15) is 5.26 Å². The molecule has 0 spiro atoms. The summed E-state index contributed by atoms with van der Waals surface area (Å²) in [7, 11) is 0. The van der Waals surface area contributed by atoms with Crippen LogP contribution in [-0.2, 0) is 21.7 Å². The fourth-order valence-corrected chi connectivity index (χ4v) is 13.2. The minimum Gasteiger partial charge on any atom is -0.311 e. The Morgan fingerprint density at radius 3 is 1.01 bits per heavy atom. The highest BCUT2D eigenvalue weighted by atomic mass is 15.2. The first-order valence-electron chi connectivity index (χ1n) is 31.7. The van der Waals surface area contributed by atoms with Crippen molar-refractivity contribution in [3.63, 3.8) is 0 Å². The second kappa shape index (κ2) is 22.0. The molecule has 0 unspecified atom stereocenters. The Morgan fingerprint density at radius 2 is 0.697 bits per heavy atom. The molecule has 13 rings (SSSR count). The third kappa shape index (κ3) is 10.6. The van der Waals surface area contributed by atoms with Crippen molar-refractivity contribution in [1.82, 2.24) is 0 Å². The minimum atomic E-state index is -0.293. The summed E-state index contributed by atoms with van der Waals surface area (Å²) in [6, 6.07) is 85.5. The number of hydrogen-bond acceptors (Lipinski definition) is 3. The van der Waals surface area contributed by atoms with E-state index in [1.54, 1.807) is 0 Å². The van der Waals surface area contributed by atoms with Crippen molar-refractivity contribution in [2.75, 3.05) is 9.80 Å².